The second kappa shape index (κ2) is 9.32. The maximum Gasteiger partial charge on any atom is 0.334 e. The summed E-state index contributed by atoms with van der Waals surface area (Å²) in [7, 11) is 0. The van der Waals surface area contributed by atoms with Gasteiger partial charge in [-0.15, -0.1) is 0 Å². The zero-order chi connectivity index (χ0) is 18.9. The third kappa shape index (κ3) is 5.70. The molecule has 0 N–H and O–H groups in total. The highest BCUT2D eigenvalue weighted by molar-refractivity contribution is 5.95. The summed E-state index contributed by atoms with van der Waals surface area (Å²) in [4.78, 5) is 35.8. The molecule has 0 heterocycles. The highest BCUT2D eigenvalue weighted by Crippen LogP contribution is 2.16. The van der Waals surface area contributed by atoms with Gasteiger partial charge in [-0.25, -0.2) is 4.79 Å². The predicted octanol–water partition coefficient (Wildman–Crippen LogP) is 3.45. The fourth-order valence-electron chi connectivity index (χ4n) is 2.19. The molecule has 5 nitrogen and oxygen atoms in total. The SMILES string of the molecule is C=C(CC(=O)Oc1ccccc1)C(=O)OCC(=O)C(C)c1ccccc1. The van der Waals surface area contributed by atoms with E-state index in [2.05, 4.69) is 6.58 Å². The Morgan fingerprint density at radius 3 is 2.15 bits per heavy atom. The van der Waals surface area contributed by atoms with Gasteiger partial charge in [-0.1, -0.05) is 62.0 Å². The molecule has 134 valence electrons. The summed E-state index contributed by atoms with van der Waals surface area (Å²) in [5.74, 6) is -1.65. The van der Waals surface area contributed by atoms with Gasteiger partial charge in [0.15, 0.2) is 12.4 Å². The number of ketones is 1. The molecular weight excluding hydrogens is 332 g/mol. The molecule has 0 aliphatic heterocycles. The average molecular weight is 352 g/mol. The molecule has 0 spiro atoms. The molecule has 0 saturated carbocycles. The second-order valence-electron chi connectivity index (χ2n) is 5.74. The van der Waals surface area contributed by atoms with Crippen LogP contribution < -0.4 is 4.74 Å². The van der Waals surface area contributed by atoms with Crippen LogP contribution in [0, 0.1) is 0 Å². The van der Waals surface area contributed by atoms with E-state index < -0.39 is 11.9 Å². The van der Waals surface area contributed by atoms with Gasteiger partial charge >= 0.3 is 11.9 Å². The number of carbonyl (C=O) groups is 3. The number of esters is 2. The van der Waals surface area contributed by atoms with Gasteiger partial charge in [0.05, 0.1) is 6.42 Å². The molecule has 2 aromatic rings. The molecule has 1 atom stereocenters. The first-order valence-corrected chi connectivity index (χ1v) is 8.15. The summed E-state index contributed by atoms with van der Waals surface area (Å²) in [6.07, 6.45) is -0.309. The van der Waals surface area contributed by atoms with Crippen LogP contribution in [0.1, 0.15) is 24.8 Å². The molecule has 5 heteroatoms. The fourth-order valence-corrected chi connectivity index (χ4v) is 2.19. The van der Waals surface area contributed by atoms with Crippen LogP contribution in [-0.4, -0.2) is 24.3 Å². The molecule has 26 heavy (non-hydrogen) atoms. The van der Waals surface area contributed by atoms with Crippen molar-refractivity contribution in [3.05, 3.63) is 78.4 Å². The topological polar surface area (TPSA) is 69.7 Å². The number of benzene rings is 2. The fraction of sp³-hybridized carbons (Fsp3) is 0.190. The Bertz CT molecular complexity index is 781. The summed E-state index contributed by atoms with van der Waals surface area (Å²) >= 11 is 0. The van der Waals surface area contributed by atoms with Crippen LogP contribution in [0.25, 0.3) is 0 Å². The molecule has 2 aromatic carbocycles. The highest BCUT2D eigenvalue weighted by atomic mass is 16.5. The Morgan fingerprint density at radius 1 is 0.962 bits per heavy atom. The van der Waals surface area contributed by atoms with Crippen LogP contribution in [-0.2, 0) is 19.1 Å². The van der Waals surface area contributed by atoms with Crippen molar-refractivity contribution in [2.75, 3.05) is 6.61 Å². The summed E-state index contributed by atoms with van der Waals surface area (Å²) in [6, 6.07) is 17.7. The van der Waals surface area contributed by atoms with Gasteiger partial charge < -0.3 is 9.47 Å². The molecule has 2 rings (SSSR count). The van der Waals surface area contributed by atoms with Crippen molar-refractivity contribution in [2.45, 2.75) is 19.3 Å². The van der Waals surface area contributed by atoms with Crippen LogP contribution in [0.15, 0.2) is 72.8 Å². The van der Waals surface area contributed by atoms with Gasteiger partial charge in [-0.3, -0.25) is 9.59 Å². The first-order chi connectivity index (χ1) is 12.5. The average Bonchev–Trinajstić information content (AvgIpc) is 2.66. The third-order valence-electron chi connectivity index (χ3n) is 3.75. The summed E-state index contributed by atoms with van der Waals surface area (Å²) in [5, 5.41) is 0. The minimum Gasteiger partial charge on any atom is -0.454 e. The maximum absolute atomic E-state index is 12.1. The lowest BCUT2D eigenvalue weighted by molar-refractivity contribution is -0.145. The van der Waals surface area contributed by atoms with Gasteiger partial charge in [0.2, 0.25) is 0 Å². The Labute approximate surface area is 152 Å². The standard InChI is InChI=1S/C21H20O5/c1-15(13-20(23)26-18-11-7-4-8-12-18)21(24)25-14-19(22)16(2)17-9-5-3-6-10-17/h3-12,16H,1,13-14H2,2H3. The number of ether oxygens (including phenoxy) is 2. The second-order valence-corrected chi connectivity index (χ2v) is 5.74. The lowest BCUT2D eigenvalue weighted by atomic mass is 9.97. The molecule has 0 radical (unpaired) electrons. The van der Waals surface area contributed by atoms with Crippen molar-refractivity contribution in [1.82, 2.24) is 0 Å². The zero-order valence-corrected chi connectivity index (χ0v) is 14.5. The molecular formula is C21H20O5. The molecule has 0 aliphatic rings. The summed E-state index contributed by atoms with van der Waals surface area (Å²) in [6.45, 7) is 4.90. The van der Waals surface area contributed by atoms with Crippen LogP contribution in [0.4, 0.5) is 0 Å². The van der Waals surface area contributed by atoms with E-state index in [0.717, 1.165) is 5.56 Å². The van der Waals surface area contributed by atoms with E-state index in [-0.39, 0.29) is 30.3 Å². The number of Topliss-reactive ketones (excluding diaryl/α,β-unsaturated/α-hetero) is 1. The number of carbonyl (C=O) groups excluding carboxylic acids is 3. The third-order valence-corrected chi connectivity index (χ3v) is 3.75. The van der Waals surface area contributed by atoms with E-state index in [9.17, 15) is 14.4 Å². The van der Waals surface area contributed by atoms with E-state index in [1.165, 1.54) is 0 Å². The van der Waals surface area contributed by atoms with Crippen LogP contribution in [0.5, 0.6) is 5.75 Å². The molecule has 0 amide bonds. The first-order valence-electron chi connectivity index (χ1n) is 8.15. The monoisotopic (exact) mass is 352 g/mol. The van der Waals surface area contributed by atoms with Gasteiger partial charge in [-0.2, -0.15) is 0 Å². The minimum atomic E-state index is -0.788. The van der Waals surface area contributed by atoms with Crippen molar-refractivity contribution < 1.29 is 23.9 Å². The van der Waals surface area contributed by atoms with Crippen molar-refractivity contribution in [3.63, 3.8) is 0 Å². The quantitative estimate of drug-likeness (QED) is 0.413. The van der Waals surface area contributed by atoms with Crippen LogP contribution in [0.2, 0.25) is 0 Å². The van der Waals surface area contributed by atoms with Gasteiger partial charge in [0.1, 0.15) is 5.75 Å². The van der Waals surface area contributed by atoms with Gasteiger partial charge in [0.25, 0.3) is 0 Å². The van der Waals surface area contributed by atoms with Gasteiger partial charge in [0, 0.05) is 11.5 Å². The Morgan fingerprint density at radius 2 is 1.54 bits per heavy atom. The number of rotatable bonds is 8. The van der Waals surface area contributed by atoms with E-state index in [1.54, 1.807) is 37.3 Å². The van der Waals surface area contributed by atoms with Crippen molar-refractivity contribution >= 4 is 17.7 Å². The molecule has 0 bridgehead atoms. The lowest BCUT2D eigenvalue weighted by Gasteiger charge is -2.11. The molecule has 0 aromatic heterocycles. The first kappa shape index (κ1) is 19.1. The molecule has 1 unspecified atom stereocenters. The predicted molar refractivity (Wildman–Crippen MR) is 96.7 cm³/mol. The Hall–Kier alpha value is -3.21. The van der Waals surface area contributed by atoms with E-state index in [1.807, 2.05) is 30.3 Å². The normalized spacial score (nSPS) is 11.3. The largest absolute Gasteiger partial charge is 0.454 e. The smallest absolute Gasteiger partial charge is 0.334 e. The summed E-state index contributed by atoms with van der Waals surface area (Å²) < 4.78 is 10.0. The molecule has 0 fully saturated rings. The Kier molecular flexibility index (Phi) is 6.85. The highest BCUT2D eigenvalue weighted by Gasteiger charge is 2.19. The van der Waals surface area contributed by atoms with Crippen molar-refractivity contribution in [2.24, 2.45) is 0 Å². The maximum atomic E-state index is 12.1. The van der Waals surface area contributed by atoms with Crippen LogP contribution >= 0.6 is 0 Å². The van der Waals surface area contributed by atoms with Crippen molar-refractivity contribution in [3.8, 4) is 5.75 Å². The summed E-state index contributed by atoms with van der Waals surface area (Å²) in [5.41, 5.74) is 0.782. The van der Waals surface area contributed by atoms with E-state index >= 15 is 0 Å². The zero-order valence-electron chi connectivity index (χ0n) is 14.5. The number of hydrogen-bond acceptors (Lipinski definition) is 5. The lowest BCUT2D eigenvalue weighted by Crippen LogP contribution is -2.21. The number of hydrogen-bond donors (Lipinski definition) is 0. The Balaban J connectivity index is 1.79. The molecule has 0 saturated heterocycles. The molecule has 0 aliphatic carbocycles. The van der Waals surface area contributed by atoms with Crippen molar-refractivity contribution in [1.29, 1.82) is 0 Å². The van der Waals surface area contributed by atoms with Crippen LogP contribution in [0.3, 0.4) is 0 Å². The minimum absolute atomic E-state index is 0.0638. The number of para-hydroxylation sites is 1. The van der Waals surface area contributed by atoms with Gasteiger partial charge in [-0.05, 0) is 17.7 Å². The van der Waals surface area contributed by atoms with E-state index in [4.69, 9.17) is 9.47 Å². The van der Waals surface area contributed by atoms with E-state index in [0.29, 0.717) is 5.75 Å².